The van der Waals surface area contributed by atoms with Crippen molar-refractivity contribution in [2.45, 2.75) is 35.8 Å². The van der Waals surface area contributed by atoms with Gasteiger partial charge in [-0.25, -0.2) is 13.8 Å². The Kier molecular flexibility index (Phi) is 7.11. The number of nitrogens with one attached hydrogen (secondary N) is 2. The molecule has 2 heterocycles. The number of aromatic nitrogens is 2. The number of likely N-dealkylation sites (tertiary alicyclic amines) is 1. The molecule has 1 saturated heterocycles. The topological polar surface area (TPSA) is 61.0 Å². The third-order valence-corrected chi connectivity index (χ3v) is 7.34. The first kappa shape index (κ1) is 23.5. The number of benzene rings is 3. The number of carbonyl (C=O) groups is 1. The van der Waals surface area contributed by atoms with Crippen LogP contribution in [-0.2, 0) is 17.8 Å². The number of nitrogens with zero attached hydrogens (tertiary/aromatic N) is 2. The van der Waals surface area contributed by atoms with E-state index < -0.39 is 0 Å². The van der Waals surface area contributed by atoms with Crippen molar-refractivity contribution in [1.29, 1.82) is 0 Å². The van der Waals surface area contributed by atoms with Gasteiger partial charge in [0.2, 0.25) is 5.91 Å². The second-order valence-corrected chi connectivity index (χ2v) is 10.0. The molecule has 35 heavy (non-hydrogen) atoms. The lowest BCUT2D eigenvalue weighted by molar-refractivity contribution is -0.125. The largest absolute Gasteiger partial charge is 0.354 e. The second-order valence-electron chi connectivity index (χ2n) is 8.74. The average Bonchev–Trinajstić information content (AvgIpc) is 3.44. The van der Waals surface area contributed by atoms with Gasteiger partial charge in [-0.1, -0.05) is 54.2 Å². The van der Waals surface area contributed by atoms with Crippen molar-refractivity contribution in [3.8, 4) is 0 Å². The lowest BCUT2D eigenvalue weighted by atomic mass is 10.1. The van der Waals surface area contributed by atoms with Crippen LogP contribution in [0.15, 0.2) is 78.0 Å². The fourth-order valence-electron chi connectivity index (χ4n) is 4.52. The summed E-state index contributed by atoms with van der Waals surface area (Å²) in [6, 6.07) is 20.5. The van der Waals surface area contributed by atoms with Crippen LogP contribution in [0.5, 0.6) is 0 Å². The van der Waals surface area contributed by atoms with Crippen molar-refractivity contribution in [2.75, 3.05) is 13.1 Å². The normalized spacial score (nSPS) is 18.2. The summed E-state index contributed by atoms with van der Waals surface area (Å²) in [5.41, 5.74) is 3.28. The number of hydrogen-bond acceptors (Lipinski definition) is 4. The highest BCUT2D eigenvalue weighted by Crippen LogP contribution is 2.33. The van der Waals surface area contributed by atoms with E-state index in [1.165, 1.54) is 18.2 Å². The van der Waals surface area contributed by atoms with Crippen molar-refractivity contribution in [1.82, 2.24) is 20.2 Å². The molecule has 180 valence electrons. The molecule has 4 aromatic rings. The fourth-order valence-corrected chi connectivity index (χ4v) is 5.70. The van der Waals surface area contributed by atoms with Crippen LogP contribution in [-0.4, -0.2) is 45.2 Å². The van der Waals surface area contributed by atoms with E-state index in [0.29, 0.717) is 38.0 Å². The van der Waals surface area contributed by atoms with Gasteiger partial charge in [0, 0.05) is 30.4 Å². The zero-order chi connectivity index (χ0) is 24.2. The Morgan fingerprint density at radius 2 is 1.91 bits per heavy atom. The average molecular weight is 493 g/mol. The molecule has 1 aliphatic heterocycles. The minimum absolute atomic E-state index is 0.0922. The maximum atomic E-state index is 14.4. The molecule has 8 heteroatoms. The Labute approximate surface area is 206 Å². The zero-order valence-corrected chi connectivity index (χ0v) is 19.9. The van der Waals surface area contributed by atoms with Gasteiger partial charge in [0.15, 0.2) is 5.16 Å². The van der Waals surface area contributed by atoms with Gasteiger partial charge in [-0.2, -0.15) is 0 Å². The van der Waals surface area contributed by atoms with Crippen LogP contribution < -0.4 is 5.32 Å². The third kappa shape index (κ3) is 5.71. The molecule has 2 N–H and O–H groups in total. The van der Waals surface area contributed by atoms with Crippen molar-refractivity contribution in [3.05, 3.63) is 95.6 Å². The maximum Gasteiger partial charge on any atom is 0.237 e. The van der Waals surface area contributed by atoms with Crippen LogP contribution in [0.3, 0.4) is 0 Å². The quantitative estimate of drug-likeness (QED) is 0.366. The summed E-state index contributed by atoms with van der Waals surface area (Å²) in [5, 5.41) is 3.94. The lowest BCUT2D eigenvalue weighted by Gasteiger charge is -2.23. The smallest absolute Gasteiger partial charge is 0.237 e. The summed E-state index contributed by atoms with van der Waals surface area (Å²) in [5.74, 6) is -0.650. The van der Waals surface area contributed by atoms with Crippen molar-refractivity contribution >= 4 is 28.7 Å². The predicted molar refractivity (Wildman–Crippen MR) is 134 cm³/mol. The minimum Gasteiger partial charge on any atom is -0.354 e. The molecule has 1 fully saturated rings. The molecule has 3 aromatic carbocycles. The Morgan fingerprint density at radius 3 is 2.74 bits per heavy atom. The van der Waals surface area contributed by atoms with E-state index in [-0.39, 0.29) is 28.8 Å². The SMILES string of the molecule is O=C(NCCc1cccc(F)c1)[C@@H]1C[C@H](Sc2nc3ccccc3[nH]2)CN1Cc1ccccc1F. The number of fused-ring (bicyclic) bond motifs is 1. The molecule has 5 nitrogen and oxygen atoms in total. The molecule has 0 bridgehead atoms. The standard InChI is InChI=1S/C27H26F2N4OS/c28-20-8-5-6-18(14-20)12-13-30-26(34)25-15-21(17-33(25)16-19-7-1-2-9-22(19)29)35-27-31-23-10-3-4-11-24(23)32-27/h1-11,14,21,25H,12-13,15-17H2,(H,30,34)(H,31,32)/t21-,25-/m0/s1. The molecule has 1 amide bonds. The zero-order valence-electron chi connectivity index (χ0n) is 19.1. The Hall–Kier alpha value is -3.23. The van der Waals surface area contributed by atoms with Gasteiger partial charge in [0.05, 0.1) is 17.1 Å². The number of para-hydroxylation sites is 2. The number of thioether (sulfide) groups is 1. The number of H-pyrrole nitrogens is 1. The van der Waals surface area contributed by atoms with Crippen LogP contribution >= 0.6 is 11.8 Å². The highest BCUT2D eigenvalue weighted by atomic mass is 32.2. The molecule has 1 aliphatic rings. The Bertz CT molecular complexity index is 1290. The van der Waals surface area contributed by atoms with Crippen molar-refractivity contribution < 1.29 is 13.6 Å². The van der Waals surface area contributed by atoms with Gasteiger partial charge in [-0.05, 0) is 48.7 Å². The summed E-state index contributed by atoms with van der Waals surface area (Å²) in [6.07, 6.45) is 1.17. The van der Waals surface area contributed by atoms with Crippen LogP contribution in [0, 0.1) is 11.6 Å². The molecule has 0 unspecified atom stereocenters. The van der Waals surface area contributed by atoms with Gasteiger partial charge in [0.25, 0.3) is 0 Å². The molecule has 0 saturated carbocycles. The number of aromatic amines is 1. The number of carbonyl (C=O) groups excluding carboxylic acids is 1. The third-order valence-electron chi connectivity index (χ3n) is 6.25. The van der Waals surface area contributed by atoms with Crippen LogP contribution in [0.25, 0.3) is 11.0 Å². The van der Waals surface area contributed by atoms with Gasteiger partial charge in [-0.3, -0.25) is 9.69 Å². The van der Waals surface area contributed by atoms with E-state index in [2.05, 4.69) is 15.3 Å². The van der Waals surface area contributed by atoms with E-state index in [4.69, 9.17) is 0 Å². The van der Waals surface area contributed by atoms with Gasteiger partial charge in [0.1, 0.15) is 11.6 Å². The highest BCUT2D eigenvalue weighted by molar-refractivity contribution is 7.99. The summed E-state index contributed by atoms with van der Waals surface area (Å²) >= 11 is 1.62. The molecule has 0 aliphatic carbocycles. The van der Waals surface area contributed by atoms with Crippen molar-refractivity contribution in [2.24, 2.45) is 0 Å². The maximum absolute atomic E-state index is 14.4. The van der Waals surface area contributed by atoms with Crippen molar-refractivity contribution in [3.63, 3.8) is 0 Å². The number of rotatable bonds is 8. The minimum atomic E-state index is -0.385. The molecular formula is C27H26F2N4OS. The first-order valence-electron chi connectivity index (χ1n) is 11.7. The summed E-state index contributed by atoms with van der Waals surface area (Å²) in [4.78, 5) is 23.2. The van der Waals surface area contributed by atoms with E-state index in [9.17, 15) is 13.6 Å². The van der Waals surface area contributed by atoms with Gasteiger partial charge in [-0.15, -0.1) is 0 Å². The van der Waals surface area contributed by atoms with E-state index in [0.717, 1.165) is 21.8 Å². The Morgan fingerprint density at radius 1 is 1.09 bits per heavy atom. The Balaban J connectivity index is 1.27. The van der Waals surface area contributed by atoms with Crippen LogP contribution in [0.4, 0.5) is 8.78 Å². The summed E-state index contributed by atoms with van der Waals surface area (Å²) in [7, 11) is 0. The molecule has 1 aromatic heterocycles. The molecule has 2 atom stereocenters. The molecule has 0 spiro atoms. The summed E-state index contributed by atoms with van der Waals surface area (Å²) < 4.78 is 27.8. The summed E-state index contributed by atoms with van der Waals surface area (Å²) in [6.45, 7) is 1.40. The van der Waals surface area contributed by atoms with Gasteiger partial charge >= 0.3 is 0 Å². The van der Waals surface area contributed by atoms with Crippen LogP contribution in [0.1, 0.15) is 17.5 Å². The lowest BCUT2D eigenvalue weighted by Crippen LogP contribution is -2.43. The van der Waals surface area contributed by atoms with E-state index in [1.807, 2.05) is 41.3 Å². The van der Waals surface area contributed by atoms with E-state index in [1.54, 1.807) is 30.0 Å². The van der Waals surface area contributed by atoms with Gasteiger partial charge < -0.3 is 10.3 Å². The highest BCUT2D eigenvalue weighted by Gasteiger charge is 2.37. The molecule has 0 radical (unpaired) electrons. The molecular weight excluding hydrogens is 466 g/mol. The number of halogens is 2. The first-order valence-corrected chi connectivity index (χ1v) is 12.5. The number of hydrogen-bond donors (Lipinski definition) is 2. The monoisotopic (exact) mass is 492 g/mol. The molecule has 5 rings (SSSR count). The van der Waals surface area contributed by atoms with E-state index >= 15 is 0 Å². The fraction of sp³-hybridized carbons (Fsp3) is 0.259. The first-order chi connectivity index (χ1) is 17.0. The predicted octanol–water partition coefficient (Wildman–Crippen LogP) is 4.94. The number of amides is 1. The second kappa shape index (κ2) is 10.6. The van der Waals surface area contributed by atoms with Crippen LogP contribution in [0.2, 0.25) is 0 Å². The number of imidazole rings is 1.